The van der Waals surface area contributed by atoms with Crippen molar-refractivity contribution in [1.82, 2.24) is 0 Å². The van der Waals surface area contributed by atoms with Crippen LogP contribution in [0.1, 0.15) is 11.1 Å². The molecule has 0 radical (unpaired) electrons. The Labute approximate surface area is 116 Å². The van der Waals surface area contributed by atoms with Crippen LogP contribution in [0.3, 0.4) is 0 Å². The van der Waals surface area contributed by atoms with E-state index in [9.17, 15) is 9.18 Å². The third-order valence-electron chi connectivity index (χ3n) is 3.06. The lowest BCUT2D eigenvalue weighted by atomic mass is 10.1. The highest BCUT2D eigenvalue weighted by atomic mass is 19.1. The minimum Gasteiger partial charge on any atom is -0.314 e. The number of carbonyl (C=O) groups excluding carboxylic acids is 1. The quantitative estimate of drug-likeness (QED) is 0.859. The number of hydrogen-bond donors (Lipinski definition) is 0. The van der Waals surface area contributed by atoms with Crippen molar-refractivity contribution in [2.24, 2.45) is 0 Å². The van der Waals surface area contributed by atoms with Crippen LogP contribution in [0, 0.1) is 17.1 Å². The second-order valence-electron chi connectivity index (χ2n) is 4.35. The Morgan fingerprint density at radius 3 is 2.55 bits per heavy atom. The molecule has 0 unspecified atom stereocenters. The third kappa shape index (κ3) is 2.83. The van der Waals surface area contributed by atoms with Gasteiger partial charge in [0.15, 0.2) is 0 Å². The molecular weight excluding hydrogens is 255 g/mol. The van der Waals surface area contributed by atoms with E-state index in [-0.39, 0.29) is 12.3 Å². The first-order valence-electron chi connectivity index (χ1n) is 6.12. The number of benzene rings is 2. The molecule has 0 spiro atoms. The molecule has 100 valence electrons. The SMILES string of the molecule is CN(C(=O)Cc1ccccc1F)c1ccccc1C#N. The molecule has 0 bridgehead atoms. The van der Waals surface area contributed by atoms with Crippen molar-refractivity contribution in [2.45, 2.75) is 6.42 Å². The zero-order valence-corrected chi connectivity index (χ0v) is 11.0. The van der Waals surface area contributed by atoms with E-state index >= 15 is 0 Å². The Balaban J connectivity index is 2.22. The molecule has 0 aliphatic heterocycles. The first-order valence-corrected chi connectivity index (χ1v) is 6.12. The van der Waals surface area contributed by atoms with Crippen LogP contribution >= 0.6 is 0 Å². The summed E-state index contributed by atoms with van der Waals surface area (Å²) in [6.07, 6.45) is -0.0388. The molecule has 4 heteroatoms. The monoisotopic (exact) mass is 268 g/mol. The second kappa shape index (κ2) is 5.98. The molecule has 1 amide bonds. The van der Waals surface area contributed by atoms with Gasteiger partial charge in [-0.1, -0.05) is 30.3 Å². The summed E-state index contributed by atoms with van der Waals surface area (Å²) in [5.41, 5.74) is 1.28. The highest BCUT2D eigenvalue weighted by Gasteiger charge is 2.16. The number of halogens is 1. The van der Waals surface area contributed by atoms with E-state index in [2.05, 4.69) is 0 Å². The van der Waals surface area contributed by atoms with Crippen molar-refractivity contribution in [3.63, 3.8) is 0 Å². The minimum absolute atomic E-state index is 0.0388. The summed E-state index contributed by atoms with van der Waals surface area (Å²) in [7, 11) is 1.58. The highest BCUT2D eigenvalue weighted by Crippen LogP contribution is 2.19. The zero-order chi connectivity index (χ0) is 14.5. The Morgan fingerprint density at radius 1 is 1.20 bits per heavy atom. The van der Waals surface area contributed by atoms with Crippen LogP contribution < -0.4 is 4.90 Å². The molecule has 2 aromatic carbocycles. The summed E-state index contributed by atoms with van der Waals surface area (Å²) in [5.74, 6) is -0.666. The van der Waals surface area contributed by atoms with Gasteiger partial charge in [-0.2, -0.15) is 5.26 Å². The van der Waals surface area contributed by atoms with Crippen LogP contribution in [0.4, 0.5) is 10.1 Å². The van der Waals surface area contributed by atoms with E-state index in [0.29, 0.717) is 16.8 Å². The lowest BCUT2D eigenvalue weighted by molar-refractivity contribution is -0.117. The van der Waals surface area contributed by atoms with Crippen LogP contribution in [0.25, 0.3) is 0 Å². The van der Waals surface area contributed by atoms with Gasteiger partial charge in [0.2, 0.25) is 5.91 Å². The Bertz CT molecular complexity index is 676. The standard InChI is InChI=1S/C16H13FN2O/c1-19(15-9-5-3-7-13(15)11-18)16(20)10-12-6-2-4-8-14(12)17/h2-9H,10H2,1H3. The number of amides is 1. The van der Waals surface area contributed by atoms with Gasteiger partial charge < -0.3 is 4.90 Å². The largest absolute Gasteiger partial charge is 0.314 e. The maximum atomic E-state index is 13.5. The van der Waals surface area contributed by atoms with E-state index in [0.717, 1.165) is 0 Å². The second-order valence-corrected chi connectivity index (χ2v) is 4.35. The first-order chi connectivity index (χ1) is 9.63. The Kier molecular flexibility index (Phi) is 4.11. The number of rotatable bonds is 3. The topological polar surface area (TPSA) is 44.1 Å². The van der Waals surface area contributed by atoms with E-state index in [1.165, 1.54) is 11.0 Å². The minimum atomic E-state index is -0.400. The van der Waals surface area contributed by atoms with Gasteiger partial charge in [0.25, 0.3) is 0 Å². The summed E-state index contributed by atoms with van der Waals surface area (Å²) in [4.78, 5) is 13.6. The molecule has 0 heterocycles. The average molecular weight is 268 g/mol. The van der Waals surface area contributed by atoms with Gasteiger partial charge in [0.1, 0.15) is 11.9 Å². The van der Waals surface area contributed by atoms with E-state index < -0.39 is 5.82 Å². The number of para-hydroxylation sites is 1. The molecular formula is C16H13FN2O. The van der Waals surface area contributed by atoms with Crippen molar-refractivity contribution in [3.05, 3.63) is 65.5 Å². The van der Waals surface area contributed by atoms with Crippen LogP contribution in [0.5, 0.6) is 0 Å². The molecule has 0 aliphatic carbocycles. The molecule has 0 saturated carbocycles. The molecule has 0 aromatic heterocycles. The maximum Gasteiger partial charge on any atom is 0.231 e. The maximum absolute atomic E-state index is 13.5. The van der Waals surface area contributed by atoms with Crippen molar-refractivity contribution >= 4 is 11.6 Å². The summed E-state index contributed by atoms with van der Waals surface area (Å²) < 4.78 is 13.5. The van der Waals surface area contributed by atoms with E-state index in [1.807, 2.05) is 6.07 Å². The van der Waals surface area contributed by atoms with Crippen molar-refractivity contribution < 1.29 is 9.18 Å². The average Bonchev–Trinajstić information content (AvgIpc) is 2.48. The smallest absolute Gasteiger partial charge is 0.231 e. The molecule has 0 fully saturated rings. The number of carbonyl (C=O) groups is 1. The summed E-state index contributed by atoms with van der Waals surface area (Å²) in [6, 6.07) is 15.0. The predicted molar refractivity (Wildman–Crippen MR) is 74.7 cm³/mol. The van der Waals surface area contributed by atoms with Crippen LogP contribution in [0.2, 0.25) is 0 Å². The van der Waals surface area contributed by atoms with Crippen LogP contribution in [-0.4, -0.2) is 13.0 Å². The van der Waals surface area contributed by atoms with E-state index in [4.69, 9.17) is 5.26 Å². The molecule has 3 nitrogen and oxygen atoms in total. The van der Waals surface area contributed by atoms with Crippen molar-refractivity contribution in [2.75, 3.05) is 11.9 Å². The molecule has 20 heavy (non-hydrogen) atoms. The molecule has 0 aliphatic rings. The Hall–Kier alpha value is -2.67. The molecule has 2 rings (SSSR count). The fraction of sp³-hybridized carbons (Fsp3) is 0.125. The zero-order valence-electron chi connectivity index (χ0n) is 11.0. The number of anilines is 1. The summed E-state index contributed by atoms with van der Waals surface area (Å²) >= 11 is 0. The van der Waals surface area contributed by atoms with Gasteiger partial charge in [0, 0.05) is 7.05 Å². The third-order valence-corrected chi connectivity index (χ3v) is 3.06. The summed E-state index contributed by atoms with van der Waals surface area (Å²) in [5, 5.41) is 9.03. The van der Waals surface area contributed by atoms with E-state index in [1.54, 1.807) is 49.5 Å². The van der Waals surface area contributed by atoms with Gasteiger partial charge in [-0.3, -0.25) is 4.79 Å². The fourth-order valence-electron chi connectivity index (χ4n) is 1.92. The van der Waals surface area contributed by atoms with Gasteiger partial charge in [-0.25, -0.2) is 4.39 Å². The summed E-state index contributed by atoms with van der Waals surface area (Å²) in [6.45, 7) is 0. The Morgan fingerprint density at radius 2 is 1.85 bits per heavy atom. The fourth-order valence-corrected chi connectivity index (χ4v) is 1.92. The molecule has 0 saturated heterocycles. The molecule has 2 aromatic rings. The van der Waals surface area contributed by atoms with Gasteiger partial charge in [-0.05, 0) is 23.8 Å². The lowest BCUT2D eigenvalue weighted by Crippen LogP contribution is -2.28. The highest BCUT2D eigenvalue weighted by molar-refractivity contribution is 5.95. The first kappa shape index (κ1) is 13.8. The number of hydrogen-bond acceptors (Lipinski definition) is 2. The molecule has 0 atom stereocenters. The van der Waals surface area contributed by atoms with Gasteiger partial charge >= 0.3 is 0 Å². The van der Waals surface area contributed by atoms with Gasteiger partial charge in [-0.15, -0.1) is 0 Å². The van der Waals surface area contributed by atoms with Crippen LogP contribution in [0.15, 0.2) is 48.5 Å². The normalized spacial score (nSPS) is 9.85. The van der Waals surface area contributed by atoms with Crippen molar-refractivity contribution in [3.8, 4) is 6.07 Å². The van der Waals surface area contributed by atoms with Crippen molar-refractivity contribution in [1.29, 1.82) is 5.26 Å². The number of likely N-dealkylation sites (N-methyl/N-ethyl adjacent to an activating group) is 1. The van der Waals surface area contributed by atoms with Gasteiger partial charge in [0.05, 0.1) is 17.7 Å². The lowest BCUT2D eigenvalue weighted by Gasteiger charge is -2.18. The van der Waals surface area contributed by atoms with Crippen LogP contribution in [-0.2, 0) is 11.2 Å². The number of nitrogens with zero attached hydrogens (tertiary/aromatic N) is 2. The predicted octanol–water partition coefficient (Wildman–Crippen LogP) is 2.90. The number of nitriles is 1. The molecule has 0 N–H and O–H groups in total.